The number of esters is 5. The number of hydrogen-bond acceptors (Lipinski definition) is 21. The lowest BCUT2D eigenvalue weighted by Crippen LogP contribution is -2.64. The van der Waals surface area contributed by atoms with Crippen LogP contribution in [0.1, 0.15) is 130 Å². The lowest BCUT2D eigenvalue weighted by atomic mass is 9.71. The zero-order valence-electron chi connectivity index (χ0n) is 48.1. The third-order valence-electron chi connectivity index (χ3n) is 14.7. The Balaban J connectivity index is 1.57. The van der Waals surface area contributed by atoms with E-state index < -0.39 is 128 Å². The Hall–Kier alpha value is -6.56. The summed E-state index contributed by atoms with van der Waals surface area (Å²) in [6.45, 7) is 25.9. The van der Waals surface area contributed by atoms with Crippen LogP contribution in [-0.2, 0) is 77.7 Å². The Bertz CT molecular complexity index is 2820. The van der Waals surface area contributed by atoms with Gasteiger partial charge in [0.25, 0.3) is 5.69 Å². The molecule has 0 aliphatic carbocycles. The number of Topliss-reactive ketones (excluding diaryl/α,β-unsaturated/α-hetero) is 1. The van der Waals surface area contributed by atoms with E-state index in [0.717, 1.165) is 79.7 Å². The number of non-ortho nitro benzene ring substituents is 1. The molecule has 2 aliphatic rings. The third-order valence-corrected chi connectivity index (χ3v) is 20.2. The van der Waals surface area contributed by atoms with Crippen LogP contribution in [-0.4, -0.2) is 110 Å². The summed E-state index contributed by atoms with van der Waals surface area (Å²) in [5, 5.41) is 12.8. The number of fused-ring (bicyclic) bond motifs is 1. The molecular formula is C57H76N2O19SSi. The summed E-state index contributed by atoms with van der Waals surface area (Å²) in [6.07, 6.45) is -7.55. The Kier molecular flexibility index (Phi) is 21.9. The molecule has 23 heteroatoms. The number of nitro groups is 1. The van der Waals surface area contributed by atoms with Crippen molar-refractivity contribution < 1.29 is 85.5 Å². The van der Waals surface area contributed by atoms with Crippen molar-refractivity contribution in [2.45, 2.75) is 188 Å². The van der Waals surface area contributed by atoms with Crippen LogP contribution in [0.3, 0.4) is 0 Å². The molecule has 0 N–H and O–H groups in total. The first kappa shape index (κ1) is 64.3. The molecule has 5 rings (SSSR count). The SMILES string of the molecule is C=CC[C@H]1C(=O)C(C)(C)[C@@H](OC(=O)OCc2cc([N+](=O)[O-])ccc2O[C@@H]2O[C@H](C(=O)OC)[C@@H](OC(C)=O)[C@H](OC(C)=O)C2OC(C)=O)CC(=O)O[C@H](c2ccc3sc(C)nc3c2)CC=C(C)CCC[C@H](C)[C@@H]1O[Si](C)(C)C(C)(C)C. The first-order valence-corrected chi connectivity index (χ1v) is 30.2. The topological polar surface area (TPSA) is 268 Å². The van der Waals surface area contributed by atoms with E-state index in [1.165, 1.54) is 11.3 Å². The minimum Gasteiger partial charge on any atom is -0.467 e. The molecule has 2 aliphatic heterocycles. The zero-order chi connectivity index (χ0) is 59.6. The van der Waals surface area contributed by atoms with Gasteiger partial charge in [0.2, 0.25) is 12.4 Å². The van der Waals surface area contributed by atoms with Gasteiger partial charge in [0, 0.05) is 50.8 Å². The highest BCUT2D eigenvalue weighted by molar-refractivity contribution is 7.18. The molecule has 0 radical (unpaired) electrons. The van der Waals surface area contributed by atoms with E-state index in [4.69, 9.17) is 47.1 Å². The molecule has 0 spiro atoms. The maximum atomic E-state index is 15.5. The summed E-state index contributed by atoms with van der Waals surface area (Å²) in [7, 11) is -1.56. The van der Waals surface area contributed by atoms with Crippen LogP contribution in [0.4, 0.5) is 10.5 Å². The van der Waals surface area contributed by atoms with Crippen LogP contribution >= 0.6 is 11.3 Å². The van der Waals surface area contributed by atoms with Crippen molar-refractivity contribution in [2.24, 2.45) is 17.3 Å². The molecule has 0 bridgehead atoms. The van der Waals surface area contributed by atoms with Gasteiger partial charge in [-0.2, -0.15) is 0 Å². The fourth-order valence-corrected chi connectivity index (χ4v) is 11.6. The predicted molar refractivity (Wildman–Crippen MR) is 294 cm³/mol. The molecule has 10 atom stereocenters. The van der Waals surface area contributed by atoms with Crippen molar-refractivity contribution in [3.63, 3.8) is 0 Å². The number of aromatic nitrogens is 1. The summed E-state index contributed by atoms with van der Waals surface area (Å²) < 4.78 is 59.3. The molecule has 1 aromatic heterocycles. The molecule has 1 fully saturated rings. The highest BCUT2D eigenvalue weighted by atomic mass is 32.1. The average Bonchev–Trinajstić information content (AvgIpc) is 3.91. The maximum absolute atomic E-state index is 15.5. The van der Waals surface area contributed by atoms with Crippen LogP contribution in [0.25, 0.3) is 10.2 Å². The van der Waals surface area contributed by atoms with Crippen LogP contribution < -0.4 is 4.74 Å². The number of nitro benzene ring substituents is 1. The van der Waals surface area contributed by atoms with Crippen molar-refractivity contribution in [2.75, 3.05) is 7.11 Å². The molecule has 1 saturated heterocycles. The number of aryl methyl sites for hydroxylation is 1. The van der Waals surface area contributed by atoms with Crippen molar-refractivity contribution in [1.82, 2.24) is 4.98 Å². The summed E-state index contributed by atoms with van der Waals surface area (Å²) in [4.78, 5) is 111. The Morgan fingerprint density at radius 1 is 0.938 bits per heavy atom. The van der Waals surface area contributed by atoms with Gasteiger partial charge in [-0.3, -0.25) is 34.1 Å². The quantitative estimate of drug-likeness (QED) is 0.0342. The van der Waals surface area contributed by atoms with Gasteiger partial charge in [0.1, 0.15) is 30.3 Å². The van der Waals surface area contributed by atoms with Gasteiger partial charge in [0.15, 0.2) is 26.6 Å². The van der Waals surface area contributed by atoms with Gasteiger partial charge in [-0.05, 0) is 101 Å². The van der Waals surface area contributed by atoms with Gasteiger partial charge < -0.3 is 47.1 Å². The molecule has 0 amide bonds. The first-order chi connectivity index (χ1) is 37.4. The summed E-state index contributed by atoms with van der Waals surface area (Å²) in [6, 6.07) is 8.80. The number of allylic oxidation sites excluding steroid dienone is 2. The number of cyclic esters (lactones) is 1. The lowest BCUT2D eigenvalue weighted by molar-refractivity contribution is -0.385. The molecule has 3 heterocycles. The smallest absolute Gasteiger partial charge is 0.467 e. The van der Waals surface area contributed by atoms with E-state index in [1.54, 1.807) is 19.9 Å². The summed E-state index contributed by atoms with van der Waals surface area (Å²) >= 11 is 1.53. The molecule has 438 valence electrons. The molecule has 2 aromatic carbocycles. The number of benzene rings is 2. The second-order valence-corrected chi connectivity index (χ2v) is 28.3. The number of carbonyl (C=O) groups is 7. The average molecular weight is 1150 g/mol. The minimum absolute atomic E-state index is 0.131. The van der Waals surface area contributed by atoms with Gasteiger partial charge >= 0.3 is 36.0 Å². The van der Waals surface area contributed by atoms with Crippen LogP contribution in [0.15, 0.2) is 60.7 Å². The molecule has 0 saturated carbocycles. The summed E-state index contributed by atoms with van der Waals surface area (Å²) in [5.41, 5.74) is 0.136. The normalized spacial score (nSPS) is 25.2. The van der Waals surface area contributed by atoms with Crippen molar-refractivity contribution in [3.8, 4) is 5.75 Å². The number of rotatable bonds is 15. The largest absolute Gasteiger partial charge is 0.508 e. The standard InChI is InChI=1S/C57H76N2O19SSi/c1-16-18-40-47(78-80(14,15)56(8,9)10)32(3)20-17-19-31(2)21-24-42(37-22-26-44-41(28-37)58-33(4)79-44)74-46(63)29-45(57(11,12)52(40)64)76-55(66)70-30-38-27-39(59(67)68)23-25-43(38)75-54-51(73-36(7)62)49(72-35(6)61)48(71-34(5)60)50(77-54)53(65)69-13/h16,21-23,25-28,32,40,42,45,47-51,54H,1,17-20,24,29-30H2,2-15H3/t32-,40+,42-,45-,47-,48-,49-,50-,51?,54+/m0/s1. The number of thiazole rings is 1. The van der Waals surface area contributed by atoms with Crippen molar-refractivity contribution in [1.29, 1.82) is 0 Å². The lowest BCUT2D eigenvalue weighted by Gasteiger charge is -2.45. The van der Waals surface area contributed by atoms with Crippen LogP contribution in [0, 0.1) is 34.3 Å². The fraction of sp³-hybridized carbons (Fsp3) is 0.579. The highest BCUT2D eigenvalue weighted by Crippen LogP contribution is 2.44. The number of ether oxygens (including phenoxy) is 9. The van der Waals surface area contributed by atoms with E-state index in [9.17, 15) is 38.9 Å². The van der Waals surface area contributed by atoms with Gasteiger partial charge in [-0.1, -0.05) is 51.5 Å². The molecule has 21 nitrogen and oxygen atoms in total. The molecule has 1 unspecified atom stereocenters. The molecular weight excluding hydrogens is 1080 g/mol. The zero-order valence-corrected chi connectivity index (χ0v) is 49.9. The fourth-order valence-electron chi connectivity index (χ4n) is 9.40. The van der Waals surface area contributed by atoms with E-state index >= 15 is 4.79 Å². The number of carbonyl (C=O) groups excluding carboxylic acids is 7. The van der Waals surface area contributed by atoms with E-state index in [1.807, 2.05) is 38.1 Å². The molecule has 80 heavy (non-hydrogen) atoms. The maximum Gasteiger partial charge on any atom is 0.508 e. The second-order valence-electron chi connectivity index (χ2n) is 22.3. The van der Waals surface area contributed by atoms with E-state index in [-0.39, 0.29) is 34.5 Å². The van der Waals surface area contributed by atoms with Crippen molar-refractivity contribution >= 4 is 77.3 Å². The van der Waals surface area contributed by atoms with Gasteiger partial charge in [-0.15, -0.1) is 17.9 Å². The second kappa shape index (κ2) is 27.3. The minimum atomic E-state index is -2.56. The summed E-state index contributed by atoms with van der Waals surface area (Å²) in [5.74, 6) is -6.39. The van der Waals surface area contributed by atoms with E-state index in [2.05, 4.69) is 52.4 Å². The van der Waals surface area contributed by atoms with Gasteiger partial charge in [0.05, 0.1) is 45.2 Å². The number of hydrogen-bond donors (Lipinski definition) is 0. The Morgan fingerprint density at radius 3 is 2.20 bits per heavy atom. The van der Waals surface area contributed by atoms with Crippen molar-refractivity contribution in [3.05, 3.63) is 87.0 Å². The van der Waals surface area contributed by atoms with E-state index in [0.29, 0.717) is 18.4 Å². The monoisotopic (exact) mass is 1150 g/mol. The van der Waals surface area contributed by atoms with Crippen LogP contribution in [0.2, 0.25) is 18.1 Å². The predicted octanol–water partition coefficient (Wildman–Crippen LogP) is 10.6. The number of ketones is 1. The number of nitrogens with zero attached hydrogens (tertiary/aromatic N) is 2. The Morgan fingerprint density at radius 2 is 1.59 bits per heavy atom. The Labute approximate surface area is 471 Å². The molecule has 3 aromatic rings. The van der Waals surface area contributed by atoms with Gasteiger partial charge in [-0.25, -0.2) is 14.6 Å². The number of methoxy groups -OCH3 is 1. The third kappa shape index (κ3) is 16.5. The van der Waals surface area contributed by atoms with Crippen LogP contribution in [0.5, 0.6) is 5.75 Å². The highest BCUT2D eigenvalue weighted by Gasteiger charge is 2.56. The first-order valence-electron chi connectivity index (χ1n) is 26.4.